The average Bonchev–Trinajstić information content (AvgIpc) is 3.11. The molecule has 6 nitrogen and oxygen atoms in total. The van der Waals surface area contributed by atoms with Gasteiger partial charge in [0, 0.05) is 24.0 Å². The summed E-state index contributed by atoms with van der Waals surface area (Å²) in [4.78, 5) is 11.7. The van der Waals surface area contributed by atoms with Crippen LogP contribution in [0.25, 0.3) is 32.8 Å². The van der Waals surface area contributed by atoms with Crippen molar-refractivity contribution in [1.82, 2.24) is 25.3 Å². The highest BCUT2D eigenvalue weighted by molar-refractivity contribution is 5.90. The van der Waals surface area contributed by atoms with Crippen molar-refractivity contribution >= 4 is 21.7 Å². The summed E-state index contributed by atoms with van der Waals surface area (Å²) >= 11 is 0. The Hall–Kier alpha value is -2.99. The molecule has 0 radical (unpaired) electrons. The number of nitrogens with one attached hydrogen (secondary N) is 2. The van der Waals surface area contributed by atoms with Gasteiger partial charge in [-0.3, -0.25) is 9.48 Å². The minimum absolute atomic E-state index is 0.164. The molecule has 0 unspecified atom stereocenters. The van der Waals surface area contributed by atoms with E-state index in [-0.39, 0.29) is 5.56 Å². The van der Waals surface area contributed by atoms with Crippen LogP contribution in [0.1, 0.15) is 24.8 Å². The molecule has 0 aliphatic carbocycles. The van der Waals surface area contributed by atoms with Gasteiger partial charge in [-0.1, -0.05) is 12.5 Å². The molecule has 144 valence electrons. The quantitative estimate of drug-likeness (QED) is 0.533. The molecule has 1 aliphatic heterocycles. The zero-order valence-corrected chi connectivity index (χ0v) is 16.3. The van der Waals surface area contributed by atoms with Crippen molar-refractivity contribution in [1.29, 1.82) is 0 Å². The molecule has 0 spiro atoms. The van der Waals surface area contributed by atoms with Gasteiger partial charge in [0.15, 0.2) is 0 Å². The summed E-state index contributed by atoms with van der Waals surface area (Å²) in [5.41, 5.74) is 4.17. The van der Waals surface area contributed by atoms with Gasteiger partial charge in [0.25, 0.3) is 5.56 Å². The van der Waals surface area contributed by atoms with Crippen LogP contribution < -0.4 is 10.9 Å². The summed E-state index contributed by atoms with van der Waals surface area (Å²) in [7, 11) is 1.92. The van der Waals surface area contributed by atoms with Gasteiger partial charge in [0.1, 0.15) is 0 Å². The fourth-order valence-electron chi connectivity index (χ4n) is 3.67. The van der Waals surface area contributed by atoms with Crippen LogP contribution in [0, 0.1) is 6.92 Å². The van der Waals surface area contributed by atoms with Crippen molar-refractivity contribution in [2.24, 2.45) is 7.05 Å². The molecule has 3 heterocycles. The Kier molecular flexibility index (Phi) is 5.21. The maximum atomic E-state index is 11.7. The minimum Gasteiger partial charge on any atom is -0.317 e. The second kappa shape index (κ2) is 7.94. The van der Waals surface area contributed by atoms with Gasteiger partial charge >= 0.3 is 0 Å². The molecule has 0 bridgehead atoms. The largest absolute Gasteiger partial charge is 0.317 e. The lowest BCUT2D eigenvalue weighted by Gasteiger charge is -2.08. The Labute approximate surface area is 163 Å². The van der Waals surface area contributed by atoms with E-state index in [2.05, 4.69) is 39.7 Å². The van der Waals surface area contributed by atoms with Crippen LogP contribution in [-0.4, -0.2) is 33.1 Å². The molecule has 1 saturated heterocycles. The number of aryl methyl sites for hydroxylation is 2. The highest BCUT2D eigenvalue weighted by Gasteiger charge is 2.08. The number of fused-ring (bicyclic) bond motifs is 2. The molecular formula is C22H25N5O. The van der Waals surface area contributed by atoms with Gasteiger partial charge in [-0.15, -0.1) is 0 Å². The Balaban J connectivity index is 0.000000275. The van der Waals surface area contributed by atoms with Crippen LogP contribution in [0.15, 0.2) is 47.5 Å². The normalized spacial score (nSPS) is 14.1. The summed E-state index contributed by atoms with van der Waals surface area (Å²) < 4.78 is 1.82. The maximum Gasteiger partial charge on any atom is 0.272 e. The third-order valence-corrected chi connectivity index (χ3v) is 5.12. The predicted molar refractivity (Wildman–Crippen MR) is 114 cm³/mol. The molecule has 0 amide bonds. The van der Waals surface area contributed by atoms with Crippen LogP contribution >= 0.6 is 0 Å². The number of aromatic amines is 1. The first-order chi connectivity index (χ1) is 13.6. The van der Waals surface area contributed by atoms with Crippen LogP contribution in [0.3, 0.4) is 0 Å². The molecule has 2 aromatic carbocycles. The highest BCUT2D eigenvalue weighted by Crippen LogP contribution is 2.28. The molecule has 0 atom stereocenters. The second-order valence-electron chi connectivity index (χ2n) is 7.35. The van der Waals surface area contributed by atoms with Crippen molar-refractivity contribution < 1.29 is 0 Å². The Bertz CT molecular complexity index is 1160. The molecule has 1 aliphatic rings. The van der Waals surface area contributed by atoms with E-state index in [1.165, 1.54) is 32.4 Å². The first-order valence-corrected chi connectivity index (χ1v) is 9.74. The first kappa shape index (κ1) is 18.4. The number of piperidine rings is 1. The van der Waals surface area contributed by atoms with E-state index in [1.807, 2.05) is 36.1 Å². The van der Waals surface area contributed by atoms with Gasteiger partial charge in [0.2, 0.25) is 0 Å². The summed E-state index contributed by atoms with van der Waals surface area (Å²) in [6.07, 6.45) is 7.90. The smallest absolute Gasteiger partial charge is 0.272 e. The molecule has 5 rings (SSSR count). The van der Waals surface area contributed by atoms with E-state index in [0.29, 0.717) is 5.39 Å². The number of rotatable bonds is 1. The average molecular weight is 375 g/mol. The van der Waals surface area contributed by atoms with Gasteiger partial charge in [-0.05, 0) is 73.8 Å². The van der Waals surface area contributed by atoms with Crippen LogP contribution in [0.5, 0.6) is 0 Å². The zero-order chi connectivity index (χ0) is 19.5. The first-order valence-electron chi connectivity index (χ1n) is 9.74. The number of H-pyrrole nitrogens is 1. The lowest BCUT2D eigenvalue weighted by atomic mass is 9.99. The number of benzene rings is 2. The summed E-state index contributed by atoms with van der Waals surface area (Å²) in [6.45, 7) is 4.56. The highest BCUT2D eigenvalue weighted by atomic mass is 16.1. The molecule has 2 aromatic heterocycles. The molecule has 1 fully saturated rings. The van der Waals surface area contributed by atoms with E-state index in [1.54, 1.807) is 6.20 Å². The van der Waals surface area contributed by atoms with Crippen LogP contribution in [-0.2, 0) is 7.05 Å². The van der Waals surface area contributed by atoms with E-state index in [9.17, 15) is 4.79 Å². The fourth-order valence-corrected chi connectivity index (χ4v) is 3.67. The van der Waals surface area contributed by atoms with Gasteiger partial charge in [-0.25, -0.2) is 5.10 Å². The maximum absolute atomic E-state index is 11.7. The molecule has 4 aromatic rings. The van der Waals surface area contributed by atoms with Gasteiger partial charge < -0.3 is 5.32 Å². The number of hydrogen-bond donors (Lipinski definition) is 2. The summed E-state index contributed by atoms with van der Waals surface area (Å²) in [5.74, 6) is 0. The predicted octanol–water partition coefficient (Wildman–Crippen LogP) is 3.55. The van der Waals surface area contributed by atoms with E-state index in [4.69, 9.17) is 0 Å². The minimum atomic E-state index is -0.164. The van der Waals surface area contributed by atoms with Crippen molar-refractivity contribution in [3.8, 4) is 11.1 Å². The summed E-state index contributed by atoms with van der Waals surface area (Å²) in [5, 5.41) is 16.7. The SMILES string of the molecule is C1CCNCC1.Cc1cc(-c2ccc3c(=O)[nH]ncc3c2)cc2cn(C)nc12. The Morgan fingerprint density at radius 2 is 1.79 bits per heavy atom. The number of aromatic nitrogens is 4. The van der Waals surface area contributed by atoms with Crippen LogP contribution in [0.4, 0.5) is 0 Å². The lowest BCUT2D eigenvalue weighted by molar-refractivity contribution is 0.520. The number of nitrogens with zero attached hydrogens (tertiary/aromatic N) is 3. The van der Waals surface area contributed by atoms with Crippen molar-refractivity contribution in [3.05, 3.63) is 58.6 Å². The third kappa shape index (κ3) is 3.82. The van der Waals surface area contributed by atoms with E-state index in [0.717, 1.165) is 33.0 Å². The molecule has 0 saturated carbocycles. The lowest BCUT2D eigenvalue weighted by Crippen LogP contribution is -2.21. The van der Waals surface area contributed by atoms with Crippen LogP contribution in [0.2, 0.25) is 0 Å². The third-order valence-electron chi connectivity index (χ3n) is 5.12. The summed E-state index contributed by atoms with van der Waals surface area (Å²) in [6, 6.07) is 10.0. The monoisotopic (exact) mass is 375 g/mol. The van der Waals surface area contributed by atoms with Crippen molar-refractivity contribution in [2.45, 2.75) is 26.2 Å². The molecule has 28 heavy (non-hydrogen) atoms. The van der Waals surface area contributed by atoms with Gasteiger partial charge in [0.05, 0.1) is 17.1 Å². The number of hydrogen-bond acceptors (Lipinski definition) is 4. The van der Waals surface area contributed by atoms with Crippen molar-refractivity contribution in [2.75, 3.05) is 13.1 Å². The van der Waals surface area contributed by atoms with Crippen molar-refractivity contribution in [3.63, 3.8) is 0 Å². The Morgan fingerprint density at radius 1 is 1.00 bits per heavy atom. The van der Waals surface area contributed by atoms with E-state index < -0.39 is 0 Å². The topological polar surface area (TPSA) is 75.6 Å². The van der Waals surface area contributed by atoms with Gasteiger partial charge in [-0.2, -0.15) is 10.2 Å². The Morgan fingerprint density at radius 3 is 2.50 bits per heavy atom. The zero-order valence-electron chi connectivity index (χ0n) is 16.3. The molecular weight excluding hydrogens is 350 g/mol. The molecule has 2 N–H and O–H groups in total. The van der Waals surface area contributed by atoms with E-state index >= 15 is 0 Å². The molecule has 6 heteroatoms. The fraction of sp³-hybridized carbons (Fsp3) is 0.318. The standard InChI is InChI=1S/C17H14N4O.C5H11N/c1-10-5-12(7-14-9-21(2)20-16(10)14)11-3-4-15-13(6-11)8-18-19-17(15)22;1-2-4-6-5-3-1/h3-9H,1-2H3,(H,19,22);6H,1-5H2. The second-order valence-corrected chi connectivity index (χ2v) is 7.35.